The maximum Gasteiger partial charge on any atom is 0.311 e. The first-order valence-corrected chi connectivity index (χ1v) is 10.1. The maximum absolute atomic E-state index is 13.0. The van der Waals surface area contributed by atoms with E-state index in [0.717, 1.165) is 10.5 Å². The number of hydrogen-bond acceptors (Lipinski definition) is 6. The van der Waals surface area contributed by atoms with Crippen molar-refractivity contribution in [2.75, 3.05) is 22.6 Å². The molecule has 8 nitrogen and oxygen atoms in total. The third kappa shape index (κ3) is 3.88. The molecule has 0 aromatic heterocycles. The predicted molar refractivity (Wildman–Crippen MR) is 114 cm³/mol. The van der Waals surface area contributed by atoms with Gasteiger partial charge in [-0.3, -0.25) is 24.1 Å². The standard InChI is InChI=1S/C23H23N3O5/c1-13-7-9-15(10-8-13)26-19(27)12-14(22(26)29)11-16(23(30)31-2)20-21(28)25-18-6-4-3-5-17(18)24-20/h3-10,14,16,20,24H,11-12H2,1-2H3,(H,25,28). The van der Waals surface area contributed by atoms with Crippen LogP contribution in [0.4, 0.5) is 17.1 Å². The summed E-state index contributed by atoms with van der Waals surface area (Å²) in [4.78, 5) is 52.1. The molecule has 4 rings (SSSR count). The second kappa shape index (κ2) is 8.22. The summed E-state index contributed by atoms with van der Waals surface area (Å²) in [5, 5.41) is 5.87. The number of esters is 1. The van der Waals surface area contributed by atoms with E-state index >= 15 is 0 Å². The number of methoxy groups -OCH3 is 1. The Balaban J connectivity index is 1.57. The summed E-state index contributed by atoms with van der Waals surface area (Å²) in [6.07, 6.45) is -0.00199. The molecule has 2 aliphatic rings. The minimum Gasteiger partial charge on any atom is -0.469 e. The fourth-order valence-corrected chi connectivity index (χ4v) is 4.12. The van der Waals surface area contributed by atoms with Gasteiger partial charge in [0.05, 0.1) is 30.1 Å². The van der Waals surface area contributed by atoms with Gasteiger partial charge in [0.2, 0.25) is 17.7 Å². The number of nitrogens with zero attached hydrogens (tertiary/aromatic N) is 1. The van der Waals surface area contributed by atoms with Crippen molar-refractivity contribution in [3.8, 4) is 0 Å². The lowest BCUT2D eigenvalue weighted by molar-refractivity contribution is -0.148. The van der Waals surface area contributed by atoms with Crippen molar-refractivity contribution in [2.45, 2.75) is 25.8 Å². The molecule has 2 aromatic rings. The van der Waals surface area contributed by atoms with Crippen molar-refractivity contribution in [1.82, 2.24) is 0 Å². The lowest BCUT2D eigenvalue weighted by Gasteiger charge is -2.32. The zero-order chi connectivity index (χ0) is 22.1. The van der Waals surface area contributed by atoms with Gasteiger partial charge in [-0.25, -0.2) is 0 Å². The molecular weight excluding hydrogens is 398 g/mol. The number of anilines is 3. The molecule has 1 saturated heterocycles. The van der Waals surface area contributed by atoms with Crippen molar-refractivity contribution < 1.29 is 23.9 Å². The minimum absolute atomic E-state index is 0.0207. The van der Waals surface area contributed by atoms with Gasteiger partial charge in [-0.2, -0.15) is 0 Å². The predicted octanol–water partition coefficient (Wildman–Crippen LogP) is 2.49. The van der Waals surface area contributed by atoms with Gasteiger partial charge in [-0.1, -0.05) is 29.8 Å². The van der Waals surface area contributed by atoms with Gasteiger partial charge in [-0.15, -0.1) is 0 Å². The number of carbonyl (C=O) groups is 4. The number of imide groups is 1. The van der Waals surface area contributed by atoms with Crippen molar-refractivity contribution in [2.24, 2.45) is 11.8 Å². The molecule has 3 unspecified atom stereocenters. The molecule has 3 atom stereocenters. The van der Waals surface area contributed by atoms with Gasteiger partial charge in [0.25, 0.3) is 0 Å². The van der Waals surface area contributed by atoms with Crippen LogP contribution in [0.1, 0.15) is 18.4 Å². The van der Waals surface area contributed by atoms with Crippen LogP contribution in [-0.4, -0.2) is 36.8 Å². The highest BCUT2D eigenvalue weighted by Crippen LogP contribution is 2.35. The van der Waals surface area contributed by atoms with Crippen LogP contribution in [0, 0.1) is 18.8 Å². The Kier molecular flexibility index (Phi) is 5.46. The number of nitrogens with one attached hydrogen (secondary N) is 2. The van der Waals surface area contributed by atoms with E-state index in [4.69, 9.17) is 4.74 Å². The molecular formula is C23H23N3O5. The smallest absolute Gasteiger partial charge is 0.311 e. The lowest BCUT2D eigenvalue weighted by atomic mass is 9.86. The fourth-order valence-electron chi connectivity index (χ4n) is 4.12. The van der Waals surface area contributed by atoms with E-state index in [0.29, 0.717) is 17.1 Å². The van der Waals surface area contributed by atoms with Gasteiger partial charge in [0.1, 0.15) is 6.04 Å². The molecule has 2 aliphatic heterocycles. The van der Waals surface area contributed by atoms with Crippen molar-refractivity contribution >= 4 is 40.8 Å². The number of para-hydroxylation sites is 2. The Hall–Kier alpha value is -3.68. The molecule has 8 heteroatoms. The van der Waals surface area contributed by atoms with Crippen molar-refractivity contribution in [3.05, 3.63) is 54.1 Å². The number of ether oxygens (including phenoxy) is 1. The normalized spacial score (nSPS) is 21.2. The third-order valence-electron chi connectivity index (χ3n) is 5.76. The maximum atomic E-state index is 13.0. The topological polar surface area (TPSA) is 105 Å². The number of aryl methyl sites for hydroxylation is 1. The quantitative estimate of drug-likeness (QED) is 0.568. The molecule has 160 valence electrons. The van der Waals surface area contributed by atoms with Crippen LogP contribution in [0.25, 0.3) is 0 Å². The summed E-state index contributed by atoms with van der Waals surface area (Å²) >= 11 is 0. The highest BCUT2D eigenvalue weighted by Gasteiger charge is 2.45. The van der Waals surface area contributed by atoms with E-state index in [1.54, 1.807) is 30.3 Å². The summed E-state index contributed by atoms with van der Waals surface area (Å²) in [6, 6.07) is 13.3. The van der Waals surface area contributed by atoms with E-state index < -0.39 is 23.8 Å². The Morgan fingerprint density at radius 1 is 1.10 bits per heavy atom. The Bertz CT molecular complexity index is 1050. The van der Waals surface area contributed by atoms with Crippen LogP contribution in [0.2, 0.25) is 0 Å². The van der Waals surface area contributed by atoms with Crippen molar-refractivity contribution in [1.29, 1.82) is 0 Å². The molecule has 0 radical (unpaired) electrons. The first-order chi connectivity index (χ1) is 14.9. The van der Waals surface area contributed by atoms with E-state index in [2.05, 4.69) is 10.6 Å². The van der Waals surface area contributed by atoms with E-state index in [1.165, 1.54) is 7.11 Å². The zero-order valence-corrected chi connectivity index (χ0v) is 17.3. The largest absolute Gasteiger partial charge is 0.469 e. The van der Waals surface area contributed by atoms with E-state index in [9.17, 15) is 19.2 Å². The average molecular weight is 421 g/mol. The minimum atomic E-state index is -0.932. The lowest BCUT2D eigenvalue weighted by Crippen LogP contribution is -2.48. The molecule has 0 bridgehead atoms. The number of benzene rings is 2. The van der Waals surface area contributed by atoms with Crippen LogP contribution in [-0.2, 0) is 23.9 Å². The fraction of sp³-hybridized carbons (Fsp3) is 0.304. The summed E-state index contributed by atoms with van der Waals surface area (Å²) < 4.78 is 4.93. The first-order valence-electron chi connectivity index (χ1n) is 10.1. The number of hydrogen-bond donors (Lipinski definition) is 2. The monoisotopic (exact) mass is 421 g/mol. The van der Waals surface area contributed by atoms with Crippen LogP contribution in [0.15, 0.2) is 48.5 Å². The zero-order valence-electron chi connectivity index (χ0n) is 17.3. The highest BCUT2D eigenvalue weighted by atomic mass is 16.5. The van der Waals surface area contributed by atoms with Crippen LogP contribution >= 0.6 is 0 Å². The van der Waals surface area contributed by atoms with Gasteiger partial charge in [0.15, 0.2) is 0 Å². The molecule has 2 heterocycles. The van der Waals surface area contributed by atoms with Gasteiger partial charge in [0, 0.05) is 12.3 Å². The van der Waals surface area contributed by atoms with E-state index in [1.807, 2.05) is 25.1 Å². The van der Waals surface area contributed by atoms with E-state index in [-0.39, 0.29) is 30.6 Å². The molecule has 0 spiro atoms. The van der Waals surface area contributed by atoms with Gasteiger partial charge < -0.3 is 15.4 Å². The summed E-state index contributed by atoms with van der Waals surface area (Å²) in [5.41, 5.74) is 2.81. The Labute approximate surface area is 179 Å². The summed E-state index contributed by atoms with van der Waals surface area (Å²) in [6.45, 7) is 1.92. The van der Waals surface area contributed by atoms with Crippen molar-refractivity contribution in [3.63, 3.8) is 0 Å². The third-order valence-corrected chi connectivity index (χ3v) is 5.76. The number of carbonyl (C=O) groups excluding carboxylic acids is 4. The van der Waals surface area contributed by atoms with Crippen LogP contribution < -0.4 is 15.5 Å². The van der Waals surface area contributed by atoms with Crippen LogP contribution in [0.3, 0.4) is 0 Å². The number of rotatable bonds is 5. The molecule has 0 aliphatic carbocycles. The molecule has 31 heavy (non-hydrogen) atoms. The first kappa shape index (κ1) is 20.6. The molecule has 3 amide bonds. The number of fused-ring (bicyclic) bond motifs is 1. The molecule has 0 saturated carbocycles. The summed E-state index contributed by atoms with van der Waals surface area (Å²) in [7, 11) is 1.24. The SMILES string of the molecule is COC(=O)C(CC1CC(=O)N(c2ccc(C)cc2)C1=O)C1Nc2ccccc2NC1=O. The van der Waals surface area contributed by atoms with Crippen LogP contribution in [0.5, 0.6) is 0 Å². The highest BCUT2D eigenvalue weighted by molar-refractivity contribution is 6.21. The Morgan fingerprint density at radius 3 is 2.45 bits per heavy atom. The Morgan fingerprint density at radius 2 is 1.77 bits per heavy atom. The van der Waals surface area contributed by atoms with Gasteiger partial charge in [-0.05, 0) is 37.6 Å². The van der Waals surface area contributed by atoms with Gasteiger partial charge >= 0.3 is 5.97 Å². The second-order valence-corrected chi connectivity index (χ2v) is 7.83. The second-order valence-electron chi connectivity index (χ2n) is 7.83. The average Bonchev–Trinajstić information content (AvgIpc) is 3.04. The number of amides is 3. The summed E-state index contributed by atoms with van der Waals surface area (Å²) in [5.74, 6) is -3.35. The molecule has 1 fully saturated rings. The molecule has 2 N–H and O–H groups in total. The molecule has 2 aromatic carbocycles.